The molecule has 0 saturated heterocycles. The molecule has 0 spiro atoms. The summed E-state index contributed by atoms with van der Waals surface area (Å²) in [6.45, 7) is 4.31. The minimum absolute atomic E-state index is 0.204. The summed E-state index contributed by atoms with van der Waals surface area (Å²) in [5.41, 5.74) is 1.50. The standard InChI is InChI=1S/C17H23N3O3/c1-3-12(4-2)15(21)11-19-17(22)20-14-7-5-13(6-8-14)16-18-9-10-23-16/h5-10,12,15,21H,3-4,11H2,1-2H3,(H2,19,20,22). The number of urea groups is 1. The zero-order valence-electron chi connectivity index (χ0n) is 13.5. The molecule has 0 fully saturated rings. The lowest BCUT2D eigenvalue weighted by molar-refractivity contribution is 0.104. The van der Waals surface area contributed by atoms with E-state index in [1.165, 1.54) is 6.26 Å². The Bertz CT molecular complexity index is 592. The van der Waals surface area contributed by atoms with Crippen LogP contribution in [-0.2, 0) is 0 Å². The number of carbonyl (C=O) groups is 1. The number of aromatic nitrogens is 1. The fraction of sp³-hybridized carbons (Fsp3) is 0.412. The van der Waals surface area contributed by atoms with Gasteiger partial charge in [-0.15, -0.1) is 0 Å². The number of amides is 2. The number of hydrogen-bond acceptors (Lipinski definition) is 4. The Morgan fingerprint density at radius 3 is 2.52 bits per heavy atom. The molecule has 6 heteroatoms. The van der Waals surface area contributed by atoms with Crippen molar-refractivity contribution in [2.45, 2.75) is 32.8 Å². The molecule has 0 saturated carbocycles. The van der Waals surface area contributed by atoms with Crippen molar-refractivity contribution in [2.75, 3.05) is 11.9 Å². The van der Waals surface area contributed by atoms with Crippen molar-refractivity contribution in [1.82, 2.24) is 10.3 Å². The largest absolute Gasteiger partial charge is 0.445 e. The summed E-state index contributed by atoms with van der Waals surface area (Å²) in [6.07, 6.45) is 4.36. The second-order valence-electron chi connectivity index (χ2n) is 5.39. The average Bonchev–Trinajstić information content (AvgIpc) is 3.09. The lowest BCUT2D eigenvalue weighted by atomic mass is 9.97. The van der Waals surface area contributed by atoms with Gasteiger partial charge >= 0.3 is 6.03 Å². The van der Waals surface area contributed by atoms with Gasteiger partial charge in [-0.25, -0.2) is 9.78 Å². The van der Waals surface area contributed by atoms with Gasteiger partial charge in [0, 0.05) is 17.8 Å². The van der Waals surface area contributed by atoms with Crippen LogP contribution < -0.4 is 10.6 Å². The van der Waals surface area contributed by atoms with Crippen LogP contribution >= 0.6 is 0 Å². The van der Waals surface area contributed by atoms with E-state index >= 15 is 0 Å². The SMILES string of the molecule is CCC(CC)C(O)CNC(=O)Nc1ccc(-c2ncco2)cc1. The zero-order valence-corrected chi connectivity index (χ0v) is 13.5. The molecule has 1 heterocycles. The number of anilines is 1. The van der Waals surface area contributed by atoms with Crippen LogP contribution in [0.5, 0.6) is 0 Å². The van der Waals surface area contributed by atoms with Crippen molar-refractivity contribution < 1.29 is 14.3 Å². The molecule has 2 amide bonds. The Labute approximate surface area is 135 Å². The van der Waals surface area contributed by atoms with Gasteiger partial charge in [0.15, 0.2) is 0 Å². The number of hydrogen-bond donors (Lipinski definition) is 3. The van der Waals surface area contributed by atoms with Crippen molar-refractivity contribution >= 4 is 11.7 Å². The van der Waals surface area contributed by atoms with Crippen LogP contribution in [-0.4, -0.2) is 28.8 Å². The summed E-state index contributed by atoms with van der Waals surface area (Å²) in [6, 6.07) is 6.85. The molecule has 2 aromatic rings. The molecule has 6 nitrogen and oxygen atoms in total. The van der Waals surface area contributed by atoms with Gasteiger partial charge in [0.1, 0.15) is 6.26 Å². The Morgan fingerprint density at radius 2 is 1.96 bits per heavy atom. The first kappa shape index (κ1) is 17.0. The quantitative estimate of drug-likeness (QED) is 0.731. The van der Waals surface area contributed by atoms with Crippen LogP contribution in [0.15, 0.2) is 41.1 Å². The Kier molecular flexibility index (Phi) is 6.17. The molecular weight excluding hydrogens is 294 g/mol. The highest BCUT2D eigenvalue weighted by molar-refractivity contribution is 5.89. The first-order valence-electron chi connectivity index (χ1n) is 7.86. The molecule has 1 unspecified atom stereocenters. The summed E-state index contributed by atoms with van der Waals surface area (Å²) in [7, 11) is 0. The highest BCUT2D eigenvalue weighted by Gasteiger charge is 2.16. The van der Waals surface area contributed by atoms with E-state index < -0.39 is 6.10 Å². The number of aliphatic hydroxyl groups excluding tert-OH is 1. The second-order valence-corrected chi connectivity index (χ2v) is 5.39. The van der Waals surface area contributed by atoms with Gasteiger partial charge in [-0.1, -0.05) is 26.7 Å². The third-order valence-electron chi connectivity index (χ3n) is 3.89. The number of carbonyl (C=O) groups excluding carboxylic acids is 1. The maximum absolute atomic E-state index is 11.9. The van der Waals surface area contributed by atoms with Crippen LogP contribution in [0, 0.1) is 5.92 Å². The molecule has 124 valence electrons. The van der Waals surface area contributed by atoms with Gasteiger partial charge in [-0.2, -0.15) is 0 Å². The van der Waals surface area contributed by atoms with Crippen molar-refractivity contribution in [3.05, 3.63) is 36.7 Å². The summed E-state index contributed by atoms with van der Waals surface area (Å²) in [4.78, 5) is 15.9. The molecule has 1 aromatic heterocycles. The molecule has 3 N–H and O–H groups in total. The summed E-state index contributed by atoms with van der Waals surface area (Å²) in [5, 5.41) is 15.4. The van der Waals surface area contributed by atoms with E-state index in [0.717, 1.165) is 18.4 Å². The summed E-state index contributed by atoms with van der Waals surface area (Å²) in [5.74, 6) is 0.740. The molecule has 0 aliphatic carbocycles. The maximum Gasteiger partial charge on any atom is 0.319 e. The zero-order chi connectivity index (χ0) is 16.7. The van der Waals surface area contributed by atoms with Crippen LogP contribution in [0.3, 0.4) is 0 Å². The first-order chi connectivity index (χ1) is 11.1. The Morgan fingerprint density at radius 1 is 1.26 bits per heavy atom. The predicted molar refractivity (Wildman–Crippen MR) is 89.0 cm³/mol. The van der Waals surface area contributed by atoms with Crippen molar-refractivity contribution in [3.63, 3.8) is 0 Å². The van der Waals surface area contributed by atoms with Gasteiger partial charge in [-0.3, -0.25) is 0 Å². The van der Waals surface area contributed by atoms with E-state index in [9.17, 15) is 9.90 Å². The van der Waals surface area contributed by atoms with E-state index in [1.807, 2.05) is 26.0 Å². The number of aliphatic hydroxyl groups is 1. The molecule has 0 radical (unpaired) electrons. The second kappa shape index (κ2) is 8.33. The fourth-order valence-corrected chi connectivity index (χ4v) is 2.43. The van der Waals surface area contributed by atoms with E-state index in [2.05, 4.69) is 15.6 Å². The molecule has 0 bridgehead atoms. The fourth-order valence-electron chi connectivity index (χ4n) is 2.43. The van der Waals surface area contributed by atoms with Gasteiger partial charge in [0.2, 0.25) is 5.89 Å². The van der Waals surface area contributed by atoms with Crippen molar-refractivity contribution in [3.8, 4) is 11.5 Å². The van der Waals surface area contributed by atoms with E-state index in [1.54, 1.807) is 18.3 Å². The number of nitrogens with one attached hydrogen (secondary N) is 2. The van der Waals surface area contributed by atoms with Gasteiger partial charge in [0.05, 0.1) is 12.3 Å². The van der Waals surface area contributed by atoms with Crippen molar-refractivity contribution in [1.29, 1.82) is 0 Å². The minimum atomic E-state index is -0.525. The Balaban J connectivity index is 1.83. The third-order valence-corrected chi connectivity index (χ3v) is 3.89. The Hall–Kier alpha value is -2.34. The molecular formula is C17H23N3O3. The summed E-state index contributed by atoms with van der Waals surface area (Å²) < 4.78 is 5.21. The molecule has 0 aliphatic rings. The number of benzene rings is 1. The first-order valence-corrected chi connectivity index (χ1v) is 7.86. The van der Waals surface area contributed by atoms with Crippen LogP contribution in [0.4, 0.5) is 10.5 Å². The van der Waals surface area contributed by atoms with Crippen LogP contribution in [0.25, 0.3) is 11.5 Å². The van der Waals surface area contributed by atoms with Crippen LogP contribution in [0.2, 0.25) is 0 Å². The topological polar surface area (TPSA) is 87.4 Å². The highest BCUT2D eigenvalue weighted by atomic mass is 16.3. The third kappa shape index (κ3) is 4.82. The smallest absolute Gasteiger partial charge is 0.319 e. The van der Waals surface area contributed by atoms with Gasteiger partial charge in [-0.05, 0) is 30.2 Å². The molecule has 1 atom stereocenters. The molecule has 23 heavy (non-hydrogen) atoms. The highest BCUT2D eigenvalue weighted by Crippen LogP contribution is 2.19. The van der Waals surface area contributed by atoms with E-state index in [0.29, 0.717) is 11.6 Å². The lowest BCUT2D eigenvalue weighted by Gasteiger charge is -2.20. The molecule has 0 aliphatic heterocycles. The van der Waals surface area contributed by atoms with Gasteiger partial charge < -0.3 is 20.2 Å². The average molecular weight is 317 g/mol. The number of nitrogens with zero attached hydrogens (tertiary/aromatic N) is 1. The minimum Gasteiger partial charge on any atom is -0.445 e. The van der Waals surface area contributed by atoms with Gasteiger partial charge in [0.25, 0.3) is 0 Å². The molecule has 1 aromatic carbocycles. The van der Waals surface area contributed by atoms with E-state index in [-0.39, 0.29) is 18.5 Å². The van der Waals surface area contributed by atoms with E-state index in [4.69, 9.17) is 4.42 Å². The van der Waals surface area contributed by atoms with Crippen molar-refractivity contribution in [2.24, 2.45) is 5.92 Å². The number of oxazole rings is 1. The number of rotatable bonds is 7. The lowest BCUT2D eigenvalue weighted by Crippen LogP contribution is -2.38. The van der Waals surface area contributed by atoms with Crippen LogP contribution in [0.1, 0.15) is 26.7 Å². The molecule has 2 rings (SSSR count). The maximum atomic E-state index is 11.9. The predicted octanol–water partition coefficient (Wildman–Crippen LogP) is 3.26. The normalized spacial score (nSPS) is 12.2. The monoisotopic (exact) mass is 317 g/mol. The summed E-state index contributed by atoms with van der Waals surface area (Å²) >= 11 is 0.